The fourth-order valence-electron chi connectivity index (χ4n) is 2.00. The van der Waals surface area contributed by atoms with Crippen LogP contribution in [-0.4, -0.2) is 34.7 Å². The van der Waals surface area contributed by atoms with E-state index in [1.807, 2.05) is 0 Å². The molecule has 0 unspecified atom stereocenters. The summed E-state index contributed by atoms with van der Waals surface area (Å²) >= 11 is 0. The molecule has 134 valence electrons. The molecule has 0 amide bonds. The minimum atomic E-state index is -4.22. The van der Waals surface area contributed by atoms with E-state index < -0.39 is 15.0 Å². The monoisotopic (exact) mass is 369 g/mol. The molecule has 0 aliphatic rings. The van der Waals surface area contributed by atoms with Crippen molar-refractivity contribution in [3.05, 3.63) is 46.5 Å². The predicted octanol–water partition coefficient (Wildman–Crippen LogP) is 2.39. The number of ether oxygens (including phenoxy) is 3. The Hall–Kier alpha value is -3.01. The van der Waals surface area contributed by atoms with E-state index in [9.17, 15) is 18.5 Å². The molecule has 0 saturated heterocycles. The Morgan fingerprint density at radius 3 is 1.84 bits per heavy atom. The van der Waals surface area contributed by atoms with Crippen molar-refractivity contribution in [3.8, 4) is 23.0 Å². The standard InChI is InChI=1S/C15H15NO8S/c1-21-13-8-12(9-14(22-2)15(13)23-3)25(19,20)24-11-6-4-10(5-7-11)16(17)18/h4-9H,1-3H3. The highest BCUT2D eigenvalue weighted by Crippen LogP contribution is 2.39. The van der Waals surface area contributed by atoms with Crippen LogP contribution in [-0.2, 0) is 10.1 Å². The van der Waals surface area contributed by atoms with Gasteiger partial charge in [-0.3, -0.25) is 10.1 Å². The van der Waals surface area contributed by atoms with Crippen molar-refractivity contribution in [2.75, 3.05) is 21.3 Å². The van der Waals surface area contributed by atoms with Crippen molar-refractivity contribution in [2.45, 2.75) is 4.90 Å². The largest absolute Gasteiger partial charge is 0.493 e. The number of nitrogens with zero attached hydrogens (tertiary/aromatic N) is 1. The summed E-state index contributed by atoms with van der Waals surface area (Å²) in [6.07, 6.45) is 0. The van der Waals surface area contributed by atoms with E-state index >= 15 is 0 Å². The van der Waals surface area contributed by atoms with Crippen LogP contribution in [0.1, 0.15) is 0 Å². The van der Waals surface area contributed by atoms with Gasteiger partial charge in [0, 0.05) is 24.3 Å². The van der Waals surface area contributed by atoms with E-state index in [4.69, 9.17) is 18.4 Å². The molecule has 0 saturated carbocycles. The van der Waals surface area contributed by atoms with E-state index in [-0.39, 0.29) is 33.6 Å². The highest BCUT2D eigenvalue weighted by molar-refractivity contribution is 7.87. The van der Waals surface area contributed by atoms with Crippen LogP contribution in [0.5, 0.6) is 23.0 Å². The molecule has 0 aromatic heterocycles. The summed E-state index contributed by atoms with van der Waals surface area (Å²) in [6, 6.07) is 7.10. The van der Waals surface area contributed by atoms with Crippen LogP contribution in [0.3, 0.4) is 0 Å². The number of hydrogen-bond donors (Lipinski definition) is 0. The normalized spacial score (nSPS) is 10.8. The second kappa shape index (κ2) is 7.26. The lowest BCUT2D eigenvalue weighted by Crippen LogP contribution is -2.10. The van der Waals surface area contributed by atoms with Crippen molar-refractivity contribution in [1.29, 1.82) is 0 Å². The van der Waals surface area contributed by atoms with E-state index in [0.717, 1.165) is 12.1 Å². The minimum absolute atomic E-state index is 0.0700. The topological polar surface area (TPSA) is 114 Å². The van der Waals surface area contributed by atoms with Gasteiger partial charge in [0.15, 0.2) is 11.5 Å². The van der Waals surface area contributed by atoms with Gasteiger partial charge in [0.05, 0.1) is 26.3 Å². The summed E-state index contributed by atoms with van der Waals surface area (Å²) in [4.78, 5) is 9.81. The molecule has 0 fully saturated rings. The number of methoxy groups -OCH3 is 3. The predicted molar refractivity (Wildman–Crippen MR) is 87.0 cm³/mol. The van der Waals surface area contributed by atoms with Crippen molar-refractivity contribution in [3.63, 3.8) is 0 Å². The highest BCUT2D eigenvalue weighted by atomic mass is 32.2. The maximum Gasteiger partial charge on any atom is 0.339 e. The maximum atomic E-state index is 12.4. The molecule has 0 radical (unpaired) electrons. The Kier molecular flexibility index (Phi) is 5.32. The molecule has 0 N–H and O–H groups in total. The number of hydrogen-bond acceptors (Lipinski definition) is 8. The Bertz CT molecular complexity index is 852. The van der Waals surface area contributed by atoms with Crippen LogP contribution >= 0.6 is 0 Å². The van der Waals surface area contributed by atoms with Crippen LogP contribution in [0.2, 0.25) is 0 Å². The van der Waals surface area contributed by atoms with Gasteiger partial charge >= 0.3 is 10.1 Å². The van der Waals surface area contributed by atoms with Gasteiger partial charge in [-0.05, 0) is 12.1 Å². The van der Waals surface area contributed by atoms with Crippen LogP contribution in [0.4, 0.5) is 5.69 Å². The van der Waals surface area contributed by atoms with Gasteiger partial charge in [-0.1, -0.05) is 0 Å². The summed E-state index contributed by atoms with van der Waals surface area (Å²) < 4.78 is 45.2. The lowest BCUT2D eigenvalue weighted by molar-refractivity contribution is -0.384. The van der Waals surface area contributed by atoms with Gasteiger partial charge in [0.25, 0.3) is 5.69 Å². The molecule has 0 bridgehead atoms. The molecule has 2 aromatic carbocycles. The van der Waals surface area contributed by atoms with Crippen LogP contribution in [0, 0.1) is 10.1 Å². The van der Waals surface area contributed by atoms with Crippen molar-refractivity contribution in [2.24, 2.45) is 0 Å². The molecule has 0 aliphatic carbocycles. The van der Waals surface area contributed by atoms with Crippen molar-refractivity contribution < 1.29 is 31.7 Å². The van der Waals surface area contributed by atoms with Crippen LogP contribution < -0.4 is 18.4 Å². The fourth-order valence-corrected chi connectivity index (χ4v) is 2.96. The zero-order valence-corrected chi connectivity index (χ0v) is 14.4. The van der Waals surface area contributed by atoms with E-state index in [2.05, 4.69) is 0 Å². The molecule has 10 heteroatoms. The van der Waals surface area contributed by atoms with Gasteiger partial charge in [-0.25, -0.2) is 0 Å². The molecule has 2 rings (SSSR count). The first-order chi connectivity index (χ1) is 11.8. The molecule has 25 heavy (non-hydrogen) atoms. The summed E-state index contributed by atoms with van der Waals surface area (Å²) in [5.41, 5.74) is -0.183. The number of rotatable bonds is 7. The molecule has 0 spiro atoms. The van der Waals surface area contributed by atoms with Gasteiger partial charge in [0.2, 0.25) is 5.75 Å². The van der Waals surface area contributed by atoms with E-state index in [0.29, 0.717) is 0 Å². The maximum absolute atomic E-state index is 12.4. The molecule has 0 atom stereocenters. The van der Waals surface area contributed by atoms with Gasteiger partial charge < -0.3 is 18.4 Å². The molecule has 0 aliphatic heterocycles. The summed E-state index contributed by atoms with van der Waals surface area (Å²) in [6.45, 7) is 0. The zero-order valence-electron chi connectivity index (χ0n) is 13.6. The average molecular weight is 369 g/mol. The van der Waals surface area contributed by atoms with E-state index in [1.165, 1.54) is 45.6 Å². The Morgan fingerprint density at radius 2 is 1.44 bits per heavy atom. The Labute approximate surface area is 144 Å². The van der Waals surface area contributed by atoms with Crippen molar-refractivity contribution in [1.82, 2.24) is 0 Å². The molecular formula is C15H15NO8S. The van der Waals surface area contributed by atoms with Crippen LogP contribution in [0.25, 0.3) is 0 Å². The minimum Gasteiger partial charge on any atom is -0.493 e. The van der Waals surface area contributed by atoms with Crippen molar-refractivity contribution >= 4 is 15.8 Å². The van der Waals surface area contributed by atoms with Gasteiger partial charge in [-0.15, -0.1) is 0 Å². The zero-order chi connectivity index (χ0) is 18.6. The second-order valence-corrected chi connectivity index (χ2v) is 6.20. The quantitative estimate of drug-likeness (QED) is 0.415. The second-order valence-electron chi connectivity index (χ2n) is 4.65. The number of nitro benzene ring substituents is 1. The molecule has 9 nitrogen and oxygen atoms in total. The number of non-ortho nitro benzene ring substituents is 1. The fraction of sp³-hybridized carbons (Fsp3) is 0.200. The molecule has 2 aromatic rings. The van der Waals surface area contributed by atoms with Crippen LogP contribution in [0.15, 0.2) is 41.3 Å². The lowest BCUT2D eigenvalue weighted by atomic mass is 10.3. The summed E-state index contributed by atoms with van der Waals surface area (Å²) in [7, 11) is -0.127. The molecular weight excluding hydrogens is 354 g/mol. The van der Waals surface area contributed by atoms with E-state index in [1.54, 1.807) is 0 Å². The first-order valence-corrected chi connectivity index (χ1v) is 8.22. The van der Waals surface area contributed by atoms with Gasteiger partial charge in [0.1, 0.15) is 10.6 Å². The number of nitro groups is 1. The molecule has 0 heterocycles. The highest BCUT2D eigenvalue weighted by Gasteiger charge is 2.23. The number of benzene rings is 2. The third-order valence-electron chi connectivity index (χ3n) is 3.18. The third-order valence-corrected chi connectivity index (χ3v) is 4.41. The first kappa shape index (κ1) is 18.3. The average Bonchev–Trinajstić information content (AvgIpc) is 2.60. The first-order valence-electron chi connectivity index (χ1n) is 6.81. The smallest absolute Gasteiger partial charge is 0.339 e. The summed E-state index contributed by atoms with van der Waals surface area (Å²) in [5.74, 6) is 0.457. The summed E-state index contributed by atoms with van der Waals surface area (Å²) in [5, 5.41) is 10.6. The SMILES string of the molecule is COc1cc(S(=O)(=O)Oc2ccc([N+](=O)[O-])cc2)cc(OC)c1OC. The lowest BCUT2D eigenvalue weighted by Gasteiger charge is -2.14. The third kappa shape index (κ3) is 3.91. The Balaban J connectivity index is 2.40. The van der Waals surface area contributed by atoms with Gasteiger partial charge in [-0.2, -0.15) is 8.42 Å². The Morgan fingerprint density at radius 1 is 0.920 bits per heavy atom.